The number of nitrogens with two attached hydrogens (primary N) is 1. The van der Waals surface area contributed by atoms with Gasteiger partial charge in [-0.05, 0) is 23.8 Å². The van der Waals surface area contributed by atoms with Gasteiger partial charge in [-0.3, -0.25) is 28.8 Å². The van der Waals surface area contributed by atoms with Crippen molar-refractivity contribution in [2.75, 3.05) is 41.3 Å². The standard InChI is InChI=1S/C30H48N6O6/c1-9-21(4)27(28(31)40)36(8)26(39)18-34(6)30(42)24(15-20(2)3)35(7)25(38)17-33(5)29(41)23(32-19-37)16-22-13-11-10-12-14-22/h10-14,19-21,23-24,27H,9,15-18H2,1-8H3,(H2,31,40)(H,32,37)/t21-,23-,24?,27?/m0/s1. The van der Waals surface area contributed by atoms with Gasteiger partial charge in [0.15, 0.2) is 0 Å². The molecule has 0 aliphatic carbocycles. The SMILES string of the molecule is CC[C@H](C)C(C(N)=O)N(C)C(=O)CN(C)C(=O)C(CC(C)C)N(C)C(=O)CN(C)C(=O)[C@H](Cc1ccccc1)NC=O. The van der Waals surface area contributed by atoms with E-state index >= 15 is 0 Å². The molecule has 234 valence electrons. The maximum absolute atomic E-state index is 13.5. The Morgan fingerprint density at radius 3 is 1.86 bits per heavy atom. The lowest BCUT2D eigenvalue weighted by Crippen LogP contribution is -2.55. The lowest BCUT2D eigenvalue weighted by Gasteiger charge is -2.34. The van der Waals surface area contributed by atoms with Crippen LogP contribution in [0, 0.1) is 11.8 Å². The van der Waals surface area contributed by atoms with Crippen molar-refractivity contribution >= 4 is 35.9 Å². The smallest absolute Gasteiger partial charge is 0.245 e. The van der Waals surface area contributed by atoms with Crippen LogP contribution < -0.4 is 11.1 Å². The molecule has 0 aromatic heterocycles. The summed E-state index contributed by atoms with van der Waals surface area (Å²) in [4.78, 5) is 81.2. The second-order valence-electron chi connectivity index (χ2n) is 11.3. The first kappa shape index (κ1) is 36.1. The number of carbonyl (C=O) groups excluding carboxylic acids is 6. The normalized spacial score (nSPS) is 13.7. The molecule has 1 aromatic carbocycles. The molecule has 3 N–H and O–H groups in total. The van der Waals surface area contributed by atoms with Crippen molar-refractivity contribution < 1.29 is 28.8 Å². The molecule has 4 atom stereocenters. The number of likely N-dealkylation sites (N-methyl/N-ethyl adjacent to an activating group) is 4. The molecule has 0 fully saturated rings. The number of primary amides is 1. The number of hydrogen-bond acceptors (Lipinski definition) is 6. The Labute approximate surface area is 249 Å². The molecule has 0 saturated carbocycles. The molecule has 42 heavy (non-hydrogen) atoms. The van der Waals surface area contributed by atoms with Gasteiger partial charge in [0.2, 0.25) is 35.9 Å². The Bertz CT molecular complexity index is 1080. The number of nitrogens with zero attached hydrogens (tertiary/aromatic N) is 4. The minimum Gasteiger partial charge on any atom is -0.368 e. The molecule has 0 saturated heterocycles. The summed E-state index contributed by atoms with van der Waals surface area (Å²) in [6, 6.07) is 6.62. The predicted octanol–water partition coefficient (Wildman–Crippen LogP) is 0.492. The van der Waals surface area contributed by atoms with E-state index < -0.39 is 47.7 Å². The highest BCUT2D eigenvalue weighted by Crippen LogP contribution is 2.16. The molecule has 2 unspecified atom stereocenters. The first-order valence-electron chi connectivity index (χ1n) is 14.2. The number of nitrogens with one attached hydrogen (secondary N) is 1. The number of carbonyl (C=O) groups is 6. The third kappa shape index (κ3) is 10.5. The summed E-state index contributed by atoms with van der Waals surface area (Å²) in [5.41, 5.74) is 6.39. The Morgan fingerprint density at radius 2 is 1.38 bits per heavy atom. The highest BCUT2D eigenvalue weighted by molar-refractivity contribution is 5.93. The largest absolute Gasteiger partial charge is 0.368 e. The topological polar surface area (TPSA) is 153 Å². The van der Waals surface area contributed by atoms with Crippen LogP contribution in [0.4, 0.5) is 0 Å². The van der Waals surface area contributed by atoms with Crippen molar-refractivity contribution in [2.45, 2.75) is 65.1 Å². The first-order valence-corrected chi connectivity index (χ1v) is 14.2. The van der Waals surface area contributed by atoms with Crippen LogP contribution in [0.15, 0.2) is 30.3 Å². The summed E-state index contributed by atoms with van der Waals surface area (Å²) in [6.45, 7) is 6.93. The maximum atomic E-state index is 13.5. The molecule has 0 aliphatic rings. The van der Waals surface area contributed by atoms with Gasteiger partial charge < -0.3 is 30.7 Å². The maximum Gasteiger partial charge on any atom is 0.245 e. The molecule has 12 heteroatoms. The van der Waals surface area contributed by atoms with Gasteiger partial charge in [0.25, 0.3) is 0 Å². The second-order valence-corrected chi connectivity index (χ2v) is 11.3. The average molecular weight is 589 g/mol. The van der Waals surface area contributed by atoms with Crippen LogP contribution >= 0.6 is 0 Å². The zero-order valence-electron chi connectivity index (χ0n) is 26.2. The van der Waals surface area contributed by atoms with Crippen LogP contribution in [-0.4, -0.2) is 115 Å². The van der Waals surface area contributed by atoms with Crippen molar-refractivity contribution in [1.29, 1.82) is 0 Å². The van der Waals surface area contributed by atoms with E-state index in [1.807, 2.05) is 58.0 Å². The zero-order chi connectivity index (χ0) is 32.1. The third-order valence-electron chi connectivity index (χ3n) is 7.47. The van der Waals surface area contributed by atoms with Crippen LogP contribution in [0.1, 0.15) is 46.1 Å². The van der Waals surface area contributed by atoms with E-state index in [-0.39, 0.29) is 31.3 Å². The zero-order valence-corrected chi connectivity index (χ0v) is 26.2. The molecule has 1 rings (SSSR count). The van der Waals surface area contributed by atoms with Crippen molar-refractivity contribution in [3.63, 3.8) is 0 Å². The van der Waals surface area contributed by atoms with Gasteiger partial charge in [0.05, 0.1) is 13.1 Å². The van der Waals surface area contributed by atoms with Crippen molar-refractivity contribution in [2.24, 2.45) is 17.6 Å². The molecule has 1 aromatic rings. The van der Waals surface area contributed by atoms with Gasteiger partial charge in [-0.2, -0.15) is 0 Å². The molecule has 6 amide bonds. The van der Waals surface area contributed by atoms with Crippen molar-refractivity contribution in [3.05, 3.63) is 35.9 Å². The van der Waals surface area contributed by atoms with Crippen LogP contribution in [0.2, 0.25) is 0 Å². The van der Waals surface area contributed by atoms with Gasteiger partial charge in [-0.15, -0.1) is 0 Å². The lowest BCUT2D eigenvalue weighted by atomic mass is 9.97. The molecule has 0 radical (unpaired) electrons. The fourth-order valence-electron chi connectivity index (χ4n) is 4.73. The Balaban J connectivity index is 3.01. The van der Waals surface area contributed by atoms with Gasteiger partial charge in [0.1, 0.15) is 18.1 Å². The molecule has 0 spiro atoms. The van der Waals surface area contributed by atoms with Gasteiger partial charge in [0, 0.05) is 34.6 Å². The third-order valence-corrected chi connectivity index (χ3v) is 7.47. The number of benzene rings is 1. The highest BCUT2D eigenvalue weighted by Gasteiger charge is 2.34. The van der Waals surface area contributed by atoms with Crippen LogP contribution in [0.25, 0.3) is 0 Å². The lowest BCUT2D eigenvalue weighted by molar-refractivity contribution is -0.149. The minimum atomic E-state index is -0.890. The van der Waals surface area contributed by atoms with E-state index in [4.69, 9.17) is 5.73 Å². The van der Waals surface area contributed by atoms with E-state index in [1.54, 1.807) is 0 Å². The van der Waals surface area contributed by atoms with Gasteiger partial charge in [-0.1, -0.05) is 64.4 Å². The van der Waals surface area contributed by atoms with E-state index in [2.05, 4.69) is 5.32 Å². The number of hydrogen-bond donors (Lipinski definition) is 2. The van der Waals surface area contributed by atoms with E-state index in [1.165, 1.54) is 47.8 Å². The fraction of sp³-hybridized carbons (Fsp3) is 0.600. The quantitative estimate of drug-likeness (QED) is 0.253. The summed E-state index contributed by atoms with van der Waals surface area (Å²) in [5.74, 6) is -2.57. The Morgan fingerprint density at radius 1 is 0.857 bits per heavy atom. The monoisotopic (exact) mass is 588 g/mol. The van der Waals surface area contributed by atoms with E-state index in [0.29, 0.717) is 19.3 Å². The van der Waals surface area contributed by atoms with Gasteiger partial charge >= 0.3 is 0 Å². The molecule has 0 bridgehead atoms. The number of amides is 6. The first-order chi connectivity index (χ1) is 19.7. The summed E-state index contributed by atoms with van der Waals surface area (Å²) in [5, 5.41) is 2.53. The van der Waals surface area contributed by atoms with Gasteiger partial charge in [-0.25, -0.2) is 0 Å². The Kier molecular flexibility index (Phi) is 14.7. The minimum absolute atomic E-state index is 0.0389. The summed E-state index contributed by atoms with van der Waals surface area (Å²) < 4.78 is 0. The van der Waals surface area contributed by atoms with E-state index in [0.717, 1.165) is 5.56 Å². The second kappa shape index (κ2) is 17.1. The summed E-state index contributed by atoms with van der Waals surface area (Å²) in [7, 11) is 5.91. The van der Waals surface area contributed by atoms with Crippen LogP contribution in [0.5, 0.6) is 0 Å². The Hall–Kier alpha value is -3.96. The molecule has 12 nitrogen and oxygen atoms in total. The summed E-state index contributed by atoms with van der Waals surface area (Å²) >= 11 is 0. The highest BCUT2D eigenvalue weighted by atomic mass is 16.2. The average Bonchev–Trinajstić information content (AvgIpc) is 2.94. The summed E-state index contributed by atoms with van der Waals surface area (Å²) in [6.07, 6.45) is 1.67. The van der Waals surface area contributed by atoms with Crippen LogP contribution in [-0.2, 0) is 35.2 Å². The van der Waals surface area contributed by atoms with Crippen molar-refractivity contribution in [1.82, 2.24) is 24.9 Å². The number of rotatable bonds is 17. The molecular formula is C30H48N6O6. The molecule has 0 aliphatic heterocycles. The predicted molar refractivity (Wildman–Crippen MR) is 160 cm³/mol. The van der Waals surface area contributed by atoms with Crippen molar-refractivity contribution in [3.8, 4) is 0 Å². The fourth-order valence-corrected chi connectivity index (χ4v) is 4.73. The molecular weight excluding hydrogens is 540 g/mol. The van der Waals surface area contributed by atoms with E-state index in [9.17, 15) is 28.8 Å². The van der Waals surface area contributed by atoms with Crippen LogP contribution in [0.3, 0.4) is 0 Å². The molecule has 0 heterocycles.